The summed E-state index contributed by atoms with van der Waals surface area (Å²) < 4.78 is 63.7. The topological polar surface area (TPSA) is 196 Å². The molecule has 3 heterocycles. The molecule has 5 fully saturated rings. The van der Waals surface area contributed by atoms with Crippen LogP contribution in [0, 0.1) is 17.3 Å². The molecule has 1 spiro atoms. The number of benzene rings is 2. The molecule has 344 valence electrons. The van der Waals surface area contributed by atoms with Crippen LogP contribution >= 0.6 is 11.8 Å². The number of nitrogens with one attached hydrogen (secondary N) is 2. The Morgan fingerprint density at radius 3 is 2.40 bits per heavy atom. The number of fused-ring (bicyclic) bond motifs is 4. The quantitative estimate of drug-likeness (QED) is 0.143. The van der Waals surface area contributed by atoms with E-state index >= 15 is 8.78 Å². The number of Topliss-reactive ketones (excluding diaryl/α,β-unsaturated/α-hetero) is 1. The number of ether oxygens (including phenoxy) is 5. The predicted octanol–water partition coefficient (Wildman–Crippen LogP) is 4.04. The van der Waals surface area contributed by atoms with Crippen LogP contribution in [-0.4, -0.2) is 127 Å². The third-order valence-corrected chi connectivity index (χ3v) is 15.1. The van der Waals surface area contributed by atoms with Crippen molar-refractivity contribution >= 4 is 52.6 Å². The van der Waals surface area contributed by atoms with Gasteiger partial charge in [0.2, 0.25) is 11.8 Å². The molecule has 0 bridgehead atoms. The molecule has 15 nitrogen and oxygen atoms in total. The maximum atomic E-state index is 17.5. The highest BCUT2D eigenvalue weighted by molar-refractivity contribution is 7.99. The monoisotopic (exact) mass is 917 g/mol. The highest BCUT2D eigenvalue weighted by Crippen LogP contribution is 2.75. The summed E-state index contributed by atoms with van der Waals surface area (Å²) in [4.78, 5) is 76.5. The summed E-state index contributed by atoms with van der Waals surface area (Å²) in [6, 6.07) is 14.8. The number of alkyl halides is 2. The molecule has 4 amide bonds. The summed E-state index contributed by atoms with van der Waals surface area (Å²) in [5.74, 6) is -3.77. The zero-order valence-corrected chi connectivity index (χ0v) is 36.3. The second-order valence-electron chi connectivity index (χ2n) is 17.6. The third kappa shape index (κ3) is 7.69. The van der Waals surface area contributed by atoms with Crippen molar-refractivity contribution in [2.24, 2.45) is 17.3 Å². The van der Waals surface area contributed by atoms with E-state index in [1.165, 1.54) is 36.1 Å². The molecule has 0 aromatic heterocycles. The van der Waals surface area contributed by atoms with Gasteiger partial charge in [0.1, 0.15) is 18.4 Å². The van der Waals surface area contributed by atoms with Gasteiger partial charge in [-0.05, 0) is 73.7 Å². The second-order valence-corrected chi connectivity index (χ2v) is 18.7. The van der Waals surface area contributed by atoms with Crippen LogP contribution in [0.1, 0.15) is 50.9 Å². The molecule has 18 heteroatoms. The molecule has 65 heavy (non-hydrogen) atoms. The van der Waals surface area contributed by atoms with Crippen LogP contribution in [0.25, 0.3) is 0 Å². The van der Waals surface area contributed by atoms with E-state index in [2.05, 4.69) is 10.6 Å². The average molecular weight is 918 g/mol. The zero-order chi connectivity index (χ0) is 45.7. The minimum Gasteiger partial charge on any atom is -0.388 e. The van der Waals surface area contributed by atoms with Crippen molar-refractivity contribution in [3.8, 4) is 0 Å². The van der Waals surface area contributed by atoms with Crippen LogP contribution in [0.5, 0.6) is 0 Å². The van der Waals surface area contributed by atoms with Crippen LogP contribution in [-0.2, 0) is 52.5 Å². The van der Waals surface area contributed by atoms with E-state index in [9.17, 15) is 33.9 Å². The lowest BCUT2D eigenvalue weighted by Gasteiger charge is -2.71. The number of aliphatic hydroxyl groups is 1. The van der Waals surface area contributed by atoms with Crippen molar-refractivity contribution in [2.45, 2.75) is 90.4 Å². The molecule has 2 aromatic rings. The molecule has 0 radical (unpaired) electrons. The molecular weight excluding hydrogens is 869 g/mol. The second kappa shape index (κ2) is 17.7. The van der Waals surface area contributed by atoms with Gasteiger partial charge in [-0.25, -0.2) is 8.78 Å². The zero-order valence-electron chi connectivity index (χ0n) is 35.5. The Morgan fingerprint density at radius 1 is 0.892 bits per heavy atom. The van der Waals surface area contributed by atoms with Gasteiger partial charge in [0.15, 0.2) is 29.1 Å². The van der Waals surface area contributed by atoms with Gasteiger partial charge in [-0.2, -0.15) is 0 Å². The van der Waals surface area contributed by atoms with E-state index < -0.39 is 88.8 Å². The summed E-state index contributed by atoms with van der Waals surface area (Å²) in [5, 5.41) is 15.9. The van der Waals surface area contributed by atoms with E-state index in [0.717, 1.165) is 20.8 Å². The minimum absolute atomic E-state index is 0.00148. The Bertz CT molecular complexity index is 2360. The summed E-state index contributed by atoms with van der Waals surface area (Å²) in [5.41, 5.74) is -5.07. The van der Waals surface area contributed by atoms with Gasteiger partial charge in [0.25, 0.3) is 11.8 Å². The number of aliphatic hydroxyl groups excluding tert-OH is 1. The smallest absolute Gasteiger partial charge is 0.253 e. The van der Waals surface area contributed by atoms with Crippen molar-refractivity contribution in [1.82, 2.24) is 10.2 Å². The fraction of sp³-hybridized carbons (Fsp3) is 0.489. The number of imide groups is 1. The molecule has 7 aliphatic rings. The van der Waals surface area contributed by atoms with Crippen LogP contribution in [0.15, 0.2) is 94.3 Å². The molecule has 4 aliphatic carbocycles. The molecule has 10 atom stereocenters. The molecule has 3 saturated carbocycles. The van der Waals surface area contributed by atoms with Gasteiger partial charge in [0.05, 0.1) is 45.1 Å². The fourth-order valence-corrected chi connectivity index (χ4v) is 12.0. The highest BCUT2D eigenvalue weighted by Gasteiger charge is 2.85. The lowest BCUT2D eigenvalue weighted by molar-refractivity contribution is -0.360. The molecule has 9 rings (SSSR count). The van der Waals surface area contributed by atoms with Gasteiger partial charge < -0.3 is 39.4 Å². The normalized spacial score (nSPS) is 33.8. The number of allylic oxidation sites excluding steroid dienone is 2. The lowest BCUT2D eigenvalue weighted by atomic mass is 9.44. The van der Waals surface area contributed by atoms with Crippen LogP contribution in [0.3, 0.4) is 0 Å². The Morgan fingerprint density at radius 2 is 1.65 bits per heavy atom. The Kier molecular flexibility index (Phi) is 12.3. The number of carbonyl (C=O) groups excluding carboxylic acids is 6. The first-order valence-electron chi connectivity index (χ1n) is 21.8. The Balaban J connectivity index is 0.733. The standard InChI is InChI=1S/C47H49F2N3O12S/c1-44-25-38-46(49)33(23-35(48)34-22-29(54)11-14-45(34,46)63-38)32(44)24-37-47(44,36(55)26-53)64-43(62-37)27-5-7-30(8-6-27)65-31-4-2-3-28(21-31)51-40(57)13-17-60-19-20-61-18-15-50-39(56)12-16-52-41(58)9-10-42(52)59/h2-11,14,21-22,32-33,35,37-38,43,53H,12-13,15-20,23-26H2,1H3,(H,50,56)(H,51,57)/t32?,33-,35-,37+,38-,43+,44-,45+,46-,47+/m0/s1. The van der Waals surface area contributed by atoms with Gasteiger partial charge in [-0.15, -0.1) is 0 Å². The first-order chi connectivity index (χ1) is 31.2. The first kappa shape index (κ1) is 45.2. The van der Waals surface area contributed by atoms with E-state index in [-0.39, 0.29) is 89.0 Å². The number of nitrogens with zero attached hydrogens (tertiary/aromatic N) is 1. The maximum absolute atomic E-state index is 17.5. The van der Waals surface area contributed by atoms with E-state index in [1.807, 2.05) is 49.4 Å². The first-order valence-corrected chi connectivity index (χ1v) is 22.6. The van der Waals surface area contributed by atoms with Gasteiger partial charge in [-0.3, -0.25) is 33.7 Å². The Hall–Kier alpha value is -4.95. The third-order valence-electron chi connectivity index (χ3n) is 14.1. The van der Waals surface area contributed by atoms with E-state index in [1.54, 1.807) is 6.07 Å². The number of hydrogen-bond donors (Lipinski definition) is 3. The molecular formula is C47H49F2N3O12S. The number of hydrogen-bond acceptors (Lipinski definition) is 13. The molecule has 3 N–H and O–H groups in total. The van der Waals surface area contributed by atoms with Gasteiger partial charge >= 0.3 is 0 Å². The van der Waals surface area contributed by atoms with Crippen LogP contribution in [0.4, 0.5) is 14.5 Å². The molecule has 2 aromatic carbocycles. The summed E-state index contributed by atoms with van der Waals surface area (Å²) in [7, 11) is 0. The largest absolute Gasteiger partial charge is 0.388 e. The van der Waals surface area contributed by atoms with Crippen molar-refractivity contribution in [3.05, 3.63) is 90.0 Å². The maximum Gasteiger partial charge on any atom is 0.253 e. The lowest BCUT2D eigenvalue weighted by Crippen LogP contribution is -2.82. The van der Waals surface area contributed by atoms with Crippen LogP contribution in [0.2, 0.25) is 0 Å². The Labute approximate surface area is 377 Å². The van der Waals surface area contributed by atoms with Crippen molar-refractivity contribution in [1.29, 1.82) is 0 Å². The summed E-state index contributed by atoms with van der Waals surface area (Å²) in [6.45, 7) is 2.22. The van der Waals surface area contributed by atoms with E-state index in [0.29, 0.717) is 11.3 Å². The van der Waals surface area contributed by atoms with E-state index in [4.69, 9.17) is 23.7 Å². The molecule has 2 saturated heterocycles. The average Bonchev–Trinajstić information content (AvgIpc) is 3.91. The van der Waals surface area contributed by atoms with Gasteiger partial charge in [0, 0.05) is 69.6 Å². The number of ketones is 2. The van der Waals surface area contributed by atoms with Crippen molar-refractivity contribution in [2.75, 3.05) is 51.4 Å². The number of anilines is 1. The number of rotatable bonds is 18. The summed E-state index contributed by atoms with van der Waals surface area (Å²) in [6.07, 6.45) is 1.95. The molecule has 1 unspecified atom stereocenters. The number of carbonyl (C=O) groups is 6. The fourth-order valence-electron chi connectivity index (χ4n) is 11.2. The molecule has 3 aliphatic heterocycles. The van der Waals surface area contributed by atoms with Crippen LogP contribution < -0.4 is 10.6 Å². The van der Waals surface area contributed by atoms with Crippen molar-refractivity contribution in [3.63, 3.8) is 0 Å². The highest BCUT2D eigenvalue weighted by atomic mass is 32.2. The number of amides is 4. The summed E-state index contributed by atoms with van der Waals surface area (Å²) >= 11 is 1.46. The van der Waals surface area contributed by atoms with Gasteiger partial charge in [-0.1, -0.05) is 36.9 Å². The minimum atomic E-state index is -1.98. The SMILES string of the molecule is C[C@]12C[C@@H]3O[C@]45C=CC(=O)C=C4[C@@H](F)C[C@@H](C1C[C@H]1O[C@@H](c4ccc(Sc6cccc(NC(=O)CCOCCOCCNC(=O)CCN7C(=O)C=CC7=O)c6)cc4)O[C@]12C(=O)CO)[C@]35F. The van der Waals surface area contributed by atoms with Crippen molar-refractivity contribution < 1.29 is 66.3 Å². The number of halogens is 2. The predicted molar refractivity (Wildman–Crippen MR) is 226 cm³/mol.